The fourth-order valence-corrected chi connectivity index (χ4v) is 3.52. The van der Waals surface area contributed by atoms with Crippen molar-refractivity contribution in [1.29, 1.82) is 0 Å². The monoisotopic (exact) mass is 457 g/mol. The van der Waals surface area contributed by atoms with E-state index in [1.165, 1.54) is 20.9 Å². The Kier molecular flexibility index (Phi) is 7.36. The summed E-state index contributed by atoms with van der Waals surface area (Å²) in [5.74, 6) is 1.89. The summed E-state index contributed by atoms with van der Waals surface area (Å²) in [5.41, 5.74) is 2.67. The van der Waals surface area contributed by atoms with Crippen molar-refractivity contribution in [2.75, 3.05) is 20.2 Å². The topological polar surface area (TPSA) is 45.7 Å². The van der Waals surface area contributed by atoms with Crippen LogP contribution in [0.2, 0.25) is 0 Å². The Labute approximate surface area is 164 Å². The number of halogens is 1. The molecular formula is C18H24IN3OS. The fraction of sp³-hybridized carbons (Fsp3) is 0.389. The van der Waals surface area contributed by atoms with Gasteiger partial charge in [-0.3, -0.25) is 4.99 Å². The molecule has 1 aliphatic rings. The first-order valence-electron chi connectivity index (χ1n) is 7.99. The molecule has 1 aliphatic heterocycles. The SMILES string of the molecule is CN=C(NCCc1ccc2c(c1)CCO2)NCc1ccc(C)s1.I. The average molecular weight is 457 g/mol. The lowest BCUT2D eigenvalue weighted by molar-refractivity contribution is 0.357. The molecule has 1 aromatic heterocycles. The number of rotatable bonds is 5. The van der Waals surface area contributed by atoms with E-state index < -0.39 is 0 Å². The number of ether oxygens (including phenoxy) is 1. The lowest BCUT2D eigenvalue weighted by Gasteiger charge is -2.11. The molecule has 2 heterocycles. The van der Waals surface area contributed by atoms with Crippen molar-refractivity contribution in [3.05, 3.63) is 51.2 Å². The van der Waals surface area contributed by atoms with E-state index in [1.54, 1.807) is 0 Å². The molecule has 3 rings (SSSR count). The van der Waals surface area contributed by atoms with Gasteiger partial charge in [-0.15, -0.1) is 35.3 Å². The van der Waals surface area contributed by atoms with E-state index in [0.717, 1.165) is 44.2 Å². The summed E-state index contributed by atoms with van der Waals surface area (Å²) >= 11 is 1.82. The Morgan fingerprint density at radius 2 is 2.12 bits per heavy atom. The molecule has 130 valence electrons. The fourth-order valence-electron chi connectivity index (χ4n) is 2.69. The van der Waals surface area contributed by atoms with Gasteiger partial charge in [0.1, 0.15) is 5.75 Å². The van der Waals surface area contributed by atoms with Crippen molar-refractivity contribution >= 4 is 41.3 Å². The molecule has 0 amide bonds. The second-order valence-corrected chi connectivity index (χ2v) is 7.03. The van der Waals surface area contributed by atoms with Crippen LogP contribution in [0.1, 0.15) is 20.9 Å². The Balaban J connectivity index is 0.00000208. The summed E-state index contributed by atoms with van der Waals surface area (Å²) in [4.78, 5) is 6.94. The van der Waals surface area contributed by atoms with Crippen LogP contribution in [0, 0.1) is 6.92 Å². The first-order valence-corrected chi connectivity index (χ1v) is 8.80. The highest BCUT2D eigenvalue weighted by Gasteiger charge is 2.11. The van der Waals surface area contributed by atoms with Crippen molar-refractivity contribution in [2.45, 2.75) is 26.3 Å². The Morgan fingerprint density at radius 3 is 2.88 bits per heavy atom. The maximum atomic E-state index is 5.55. The highest BCUT2D eigenvalue weighted by Crippen LogP contribution is 2.25. The third kappa shape index (κ3) is 5.11. The molecule has 0 spiro atoms. The minimum absolute atomic E-state index is 0. The first-order chi connectivity index (χ1) is 11.2. The lowest BCUT2D eigenvalue weighted by Crippen LogP contribution is -2.37. The van der Waals surface area contributed by atoms with Gasteiger partial charge >= 0.3 is 0 Å². The number of aryl methyl sites for hydroxylation is 1. The molecule has 4 nitrogen and oxygen atoms in total. The molecule has 6 heteroatoms. The average Bonchev–Trinajstić information content (AvgIpc) is 3.18. The third-order valence-electron chi connectivity index (χ3n) is 3.91. The molecule has 1 aromatic carbocycles. The smallest absolute Gasteiger partial charge is 0.191 e. The summed E-state index contributed by atoms with van der Waals surface area (Å²) < 4.78 is 5.55. The van der Waals surface area contributed by atoms with Crippen LogP contribution in [0.25, 0.3) is 0 Å². The molecule has 0 fully saturated rings. The van der Waals surface area contributed by atoms with Gasteiger partial charge in [-0.2, -0.15) is 0 Å². The highest BCUT2D eigenvalue weighted by atomic mass is 127. The zero-order chi connectivity index (χ0) is 16.1. The summed E-state index contributed by atoms with van der Waals surface area (Å²) in [6, 6.07) is 10.8. The molecule has 0 radical (unpaired) electrons. The maximum absolute atomic E-state index is 5.55. The van der Waals surface area contributed by atoms with Crippen molar-refractivity contribution in [1.82, 2.24) is 10.6 Å². The second-order valence-electron chi connectivity index (χ2n) is 5.66. The van der Waals surface area contributed by atoms with E-state index in [2.05, 4.69) is 52.9 Å². The lowest BCUT2D eigenvalue weighted by atomic mass is 10.1. The number of thiophene rings is 1. The van der Waals surface area contributed by atoms with Crippen LogP contribution in [-0.4, -0.2) is 26.2 Å². The minimum Gasteiger partial charge on any atom is -0.493 e. The minimum atomic E-state index is 0. The van der Waals surface area contributed by atoms with E-state index in [-0.39, 0.29) is 24.0 Å². The van der Waals surface area contributed by atoms with E-state index in [1.807, 2.05) is 18.4 Å². The number of nitrogens with one attached hydrogen (secondary N) is 2. The van der Waals surface area contributed by atoms with Gasteiger partial charge in [0.15, 0.2) is 5.96 Å². The molecule has 2 aromatic rings. The molecule has 0 saturated heterocycles. The van der Waals surface area contributed by atoms with E-state index in [4.69, 9.17) is 4.74 Å². The predicted octanol–water partition coefficient (Wildman–Crippen LogP) is 3.52. The molecule has 0 aliphatic carbocycles. The standard InChI is InChI=1S/C18H23N3OS.HI/c1-13-3-5-16(23-13)12-21-18(19-2)20-9-7-14-4-6-17-15(11-14)8-10-22-17;/h3-6,11H,7-10,12H2,1-2H3,(H2,19,20,21);1H. The number of aliphatic imine (C=N–C) groups is 1. The number of fused-ring (bicyclic) bond motifs is 1. The quantitative estimate of drug-likeness (QED) is 0.411. The van der Waals surface area contributed by atoms with Gasteiger partial charge in [0.25, 0.3) is 0 Å². The van der Waals surface area contributed by atoms with Gasteiger partial charge in [-0.05, 0) is 42.7 Å². The van der Waals surface area contributed by atoms with Crippen molar-refractivity contribution in [2.24, 2.45) is 4.99 Å². The number of nitrogens with zero attached hydrogens (tertiary/aromatic N) is 1. The zero-order valence-electron chi connectivity index (χ0n) is 14.1. The van der Waals surface area contributed by atoms with Crippen LogP contribution in [0.5, 0.6) is 5.75 Å². The van der Waals surface area contributed by atoms with Gasteiger partial charge in [0, 0.05) is 29.8 Å². The Morgan fingerprint density at radius 1 is 1.25 bits per heavy atom. The molecule has 0 saturated carbocycles. The van der Waals surface area contributed by atoms with Crippen LogP contribution in [-0.2, 0) is 19.4 Å². The number of hydrogen-bond acceptors (Lipinski definition) is 3. The van der Waals surface area contributed by atoms with Crippen LogP contribution in [0.4, 0.5) is 0 Å². The highest BCUT2D eigenvalue weighted by molar-refractivity contribution is 14.0. The summed E-state index contributed by atoms with van der Waals surface area (Å²) in [5, 5.41) is 6.73. The maximum Gasteiger partial charge on any atom is 0.191 e. The van der Waals surface area contributed by atoms with Crippen LogP contribution in [0.3, 0.4) is 0 Å². The van der Waals surface area contributed by atoms with Crippen molar-refractivity contribution < 1.29 is 4.74 Å². The Hall–Kier alpha value is -1.28. The van der Waals surface area contributed by atoms with Gasteiger partial charge in [-0.25, -0.2) is 0 Å². The third-order valence-corrected chi connectivity index (χ3v) is 4.91. The van der Waals surface area contributed by atoms with Crippen LogP contribution < -0.4 is 15.4 Å². The summed E-state index contributed by atoms with van der Waals surface area (Å²) in [7, 11) is 1.81. The van der Waals surface area contributed by atoms with Gasteiger partial charge in [0.2, 0.25) is 0 Å². The summed E-state index contributed by atoms with van der Waals surface area (Å²) in [6.45, 7) is 4.62. The second kappa shape index (κ2) is 9.27. The van der Waals surface area contributed by atoms with Gasteiger partial charge in [-0.1, -0.05) is 12.1 Å². The zero-order valence-corrected chi connectivity index (χ0v) is 17.2. The van der Waals surface area contributed by atoms with Crippen LogP contribution in [0.15, 0.2) is 35.3 Å². The Bertz CT molecular complexity index is 699. The number of benzene rings is 1. The normalized spacial score (nSPS) is 13.0. The van der Waals surface area contributed by atoms with Crippen molar-refractivity contribution in [3.8, 4) is 5.75 Å². The van der Waals surface area contributed by atoms with E-state index >= 15 is 0 Å². The molecular weight excluding hydrogens is 433 g/mol. The molecule has 0 atom stereocenters. The van der Waals surface area contributed by atoms with E-state index in [9.17, 15) is 0 Å². The summed E-state index contributed by atoms with van der Waals surface area (Å²) in [6.07, 6.45) is 2.01. The van der Waals surface area contributed by atoms with Gasteiger partial charge < -0.3 is 15.4 Å². The van der Waals surface area contributed by atoms with Crippen LogP contribution >= 0.6 is 35.3 Å². The molecule has 24 heavy (non-hydrogen) atoms. The first kappa shape index (κ1) is 19.1. The molecule has 0 unspecified atom stereocenters. The van der Waals surface area contributed by atoms with Gasteiger partial charge in [0.05, 0.1) is 13.2 Å². The number of hydrogen-bond donors (Lipinski definition) is 2. The number of guanidine groups is 1. The van der Waals surface area contributed by atoms with E-state index in [0.29, 0.717) is 0 Å². The molecule has 2 N–H and O–H groups in total. The molecule has 0 bridgehead atoms. The largest absolute Gasteiger partial charge is 0.493 e. The van der Waals surface area contributed by atoms with Crippen molar-refractivity contribution in [3.63, 3.8) is 0 Å². The predicted molar refractivity (Wildman–Crippen MR) is 112 cm³/mol.